The molecule has 0 fully saturated rings. The van der Waals surface area contributed by atoms with Gasteiger partial charge in [-0.2, -0.15) is 13.2 Å². The van der Waals surface area contributed by atoms with Crippen molar-refractivity contribution in [3.8, 4) is 0 Å². The zero-order valence-electron chi connectivity index (χ0n) is 10.6. The Morgan fingerprint density at radius 2 is 1.94 bits per heavy atom. The van der Waals surface area contributed by atoms with Crippen LogP contribution in [0.2, 0.25) is 30.7 Å². The standard InChI is InChI=1S/C11H17ClF3NOSi/c1-18(2,3)5-4-17-8-16-7-9(12)6-10(16)11(13,14)15/h6-7H,4-5,8H2,1-3H3. The van der Waals surface area contributed by atoms with Crippen LogP contribution in [0.5, 0.6) is 0 Å². The van der Waals surface area contributed by atoms with Gasteiger partial charge in [0.2, 0.25) is 0 Å². The van der Waals surface area contributed by atoms with E-state index in [1.807, 2.05) is 0 Å². The van der Waals surface area contributed by atoms with Gasteiger partial charge in [0.1, 0.15) is 12.4 Å². The Kier molecular flexibility index (Phi) is 4.91. The summed E-state index contributed by atoms with van der Waals surface area (Å²) in [6.45, 7) is 6.91. The van der Waals surface area contributed by atoms with E-state index in [4.69, 9.17) is 16.3 Å². The first kappa shape index (κ1) is 15.6. The number of alkyl halides is 3. The molecule has 18 heavy (non-hydrogen) atoms. The number of halogens is 4. The Hall–Kier alpha value is -0.463. The molecule has 2 nitrogen and oxygen atoms in total. The summed E-state index contributed by atoms with van der Waals surface area (Å²) in [6.07, 6.45) is -3.17. The van der Waals surface area contributed by atoms with E-state index >= 15 is 0 Å². The van der Waals surface area contributed by atoms with Gasteiger partial charge in [0.15, 0.2) is 0 Å². The largest absolute Gasteiger partial charge is 0.431 e. The lowest BCUT2D eigenvalue weighted by Crippen LogP contribution is -2.22. The van der Waals surface area contributed by atoms with Crippen LogP contribution in [0.1, 0.15) is 5.69 Å². The second-order valence-corrected chi connectivity index (χ2v) is 11.4. The molecule has 1 aromatic heterocycles. The lowest BCUT2D eigenvalue weighted by molar-refractivity contribution is -0.145. The lowest BCUT2D eigenvalue weighted by Gasteiger charge is -2.16. The van der Waals surface area contributed by atoms with Crippen LogP contribution in [0.15, 0.2) is 12.3 Å². The Balaban J connectivity index is 2.58. The van der Waals surface area contributed by atoms with E-state index in [9.17, 15) is 13.2 Å². The number of nitrogens with zero attached hydrogens (tertiary/aromatic N) is 1. The number of ether oxygens (including phenoxy) is 1. The zero-order chi connectivity index (χ0) is 14.0. The van der Waals surface area contributed by atoms with Crippen molar-refractivity contribution in [2.75, 3.05) is 6.61 Å². The monoisotopic (exact) mass is 299 g/mol. The molecule has 104 valence electrons. The van der Waals surface area contributed by atoms with E-state index < -0.39 is 19.9 Å². The van der Waals surface area contributed by atoms with E-state index in [1.165, 1.54) is 6.20 Å². The molecule has 0 radical (unpaired) electrons. The highest BCUT2D eigenvalue weighted by Crippen LogP contribution is 2.32. The average Bonchev–Trinajstić information content (AvgIpc) is 2.52. The molecule has 0 saturated heterocycles. The lowest BCUT2D eigenvalue weighted by atomic mass is 10.4. The Bertz CT molecular complexity index is 398. The predicted octanol–water partition coefficient (Wildman–Crippen LogP) is 4.47. The first-order valence-electron chi connectivity index (χ1n) is 5.60. The topological polar surface area (TPSA) is 14.2 Å². The fraction of sp³-hybridized carbons (Fsp3) is 0.636. The van der Waals surface area contributed by atoms with Crippen molar-refractivity contribution in [2.45, 2.75) is 38.6 Å². The molecule has 0 aromatic carbocycles. The predicted molar refractivity (Wildman–Crippen MR) is 68.5 cm³/mol. The molecule has 0 bridgehead atoms. The van der Waals surface area contributed by atoms with E-state index in [0.29, 0.717) is 6.61 Å². The third kappa shape index (κ3) is 5.03. The summed E-state index contributed by atoms with van der Waals surface area (Å²) < 4.78 is 44.2. The van der Waals surface area contributed by atoms with E-state index in [0.717, 1.165) is 16.7 Å². The van der Waals surface area contributed by atoms with Gasteiger partial charge >= 0.3 is 6.18 Å². The Morgan fingerprint density at radius 1 is 1.33 bits per heavy atom. The smallest absolute Gasteiger partial charge is 0.361 e. The second-order valence-electron chi connectivity index (χ2n) is 5.36. The summed E-state index contributed by atoms with van der Waals surface area (Å²) >= 11 is 5.59. The molecule has 0 unspecified atom stereocenters. The van der Waals surface area contributed by atoms with E-state index in [1.54, 1.807) is 0 Å². The summed E-state index contributed by atoms with van der Waals surface area (Å²) in [7, 11) is -1.22. The van der Waals surface area contributed by atoms with Crippen molar-refractivity contribution in [2.24, 2.45) is 0 Å². The van der Waals surface area contributed by atoms with E-state index in [2.05, 4.69) is 19.6 Å². The molecule has 0 spiro atoms. The van der Waals surface area contributed by atoms with Gasteiger partial charge < -0.3 is 9.30 Å². The van der Waals surface area contributed by atoms with Gasteiger partial charge in [-0.25, -0.2) is 0 Å². The minimum absolute atomic E-state index is 0.0659. The molecule has 0 atom stereocenters. The summed E-state index contributed by atoms with van der Waals surface area (Å²) in [6, 6.07) is 1.83. The molecule has 0 amide bonds. The number of aromatic nitrogens is 1. The summed E-state index contributed by atoms with van der Waals surface area (Å²) in [5, 5.41) is 0.0659. The van der Waals surface area contributed by atoms with Crippen LogP contribution in [0.3, 0.4) is 0 Å². The number of hydrogen-bond donors (Lipinski definition) is 0. The van der Waals surface area contributed by atoms with Crippen molar-refractivity contribution in [3.63, 3.8) is 0 Å². The third-order valence-corrected chi connectivity index (χ3v) is 4.29. The van der Waals surface area contributed by atoms with Gasteiger partial charge in [-0.05, 0) is 12.1 Å². The van der Waals surface area contributed by atoms with Crippen molar-refractivity contribution >= 4 is 19.7 Å². The molecule has 0 aliphatic carbocycles. The van der Waals surface area contributed by atoms with Crippen LogP contribution in [0, 0.1) is 0 Å². The number of rotatable bonds is 5. The van der Waals surface area contributed by atoms with Crippen LogP contribution in [0.25, 0.3) is 0 Å². The van der Waals surface area contributed by atoms with E-state index in [-0.39, 0.29) is 11.8 Å². The highest BCUT2D eigenvalue weighted by molar-refractivity contribution is 6.76. The van der Waals surface area contributed by atoms with Crippen molar-refractivity contribution in [3.05, 3.63) is 23.0 Å². The maximum Gasteiger partial charge on any atom is 0.431 e. The summed E-state index contributed by atoms with van der Waals surface area (Å²) in [5.74, 6) is 0. The van der Waals surface area contributed by atoms with Crippen molar-refractivity contribution in [1.29, 1.82) is 0 Å². The highest BCUT2D eigenvalue weighted by Gasteiger charge is 2.34. The van der Waals surface area contributed by atoms with Crippen molar-refractivity contribution < 1.29 is 17.9 Å². The second kappa shape index (κ2) is 5.67. The maximum atomic E-state index is 12.6. The fourth-order valence-corrected chi connectivity index (χ4v) is 2.34. The average molecular weight is 300 g/mol. The molecule has 7 heteroatoms. The van der Waals surface area contributed by atoms with Crippen molar-refractivity contribution in [1.82, 2.24) is 4.57 Å². The van der Waals surface area contributed by atoms with Gasteiger partial charge in [0, 0.05) is 20.9 Å². The van der Waals surface area contributed by atoms with Crippen LogP contribution < -0.4 is 0 Å². The quantitative estimate of drug-likeness (QED) is 0.578. The maximum absolute atomic E-state index is 12.6. The normalized spacial score (nSPS) is 13.1. The fourth-order valence-electron chi connectivity index (χ4n) is 1.36. The molecular weight excluding hydrogens is 283 g/mol. The summed E-state index contributed by atoms with van der Waals surface area (Å²) in [5.41, 5.74) is -0.777. The zero-order valence-corrected chi connectivity index (χ0v) is 12.4. The van der Waals surface area contributed by atoms with Gasteiger partial charge in [-0.3, -0.25) is 0 Å². The van der Waals surface area contributed by atoms with Gasteiger partial charge in [-0.15, -0.1) is 0 Å². The third-order valence-electron chi connectivity index (χ3n) is 2.38. The Labute approximate surface area is 111 Å². The molecular formula is C11H17ClF3NOSi. The minimum atomic E-state index is -4.41. The van der Waals surface area contributed by atoms with Crippen LogP contribution in [0.4, 0.5) is 13.2 Å². The first-order valence-corrected chi connectivity index (χ1v) is 9.69. The Morgan fingerprint density at radius 3 is 2.44 bits per heavy atom. The van der Waals surface area contributed by atoms with Gasteiger partial charge in [0.05, 0.1) is 5.02 Å². The van der Waals surface area contributed by atoms with Crippen LogP contribution in [-0.2, 0) is 17.6 Å². The minimum Gasteiger partial charge on any atom is -0.361 e. The highest BCUT2D eigenvalue weighted by atomic mass is 35.5. The molecule has 1 rings (SSSR count). The first-order chi connectivity index (χ1) is 8.09. The molecule has 0 aliphatic heterocycles. The SMILES string of the molecule is C[Si](C)(C)CCOCn1cc(Cl)cc1C(F)(F)F. The molecule has 0 N–H and O–H groups in total. The van der Waals surface area contributed by atoms with Crippen LogP contribution in [-0.4, -0.2) is 19.2 Å². The molecule has 0 saturated carbocycles. The summed E-state index contributed by atoms with van der Waals surface area (Å²) in [4.78, 5) is 0. The molecule has 0 aliphatic rings. The molecule has 1 heterocycles. The number of hydrogen-bond acceptors (Lipinski definition) is 1. The van der Waals surface area contributed by atoms with Gasteiger partial charge in [0.25, 0.3) is 0 Å². The molecule has 1 aromatic rings. The van der Waals surface area contributed by atoms with Gasteiger partial charge in [-0.1, -0.05) is 31.2 Å². The van der Waals surface area contributed by atoms with Crippen LogP contribution >= 0.6 is 11.6 Å².